The van der Waals surface area contributed by atoms with Gasteiger partial charge in [0.2, 0.25) is 5.91 Å². The molecule has 7 nitrogen and oxygen atoms in total. The zero-order valence-electron chi connectivity index (χ0n) is 11.6. The van der Waals surface area contributed by atoms with Crippen LogP contribution >= 0.6 is 0 Å². The van der Waals surface area contributed by atoms with Crippen molar-refractivity contribution in [3.63, 3.8) is 0 Å². The van der Waals surface area contributed by atoms with E-state index < -0.39 is 10.2 Å². The highest BCUT2D eigenvalue weighted by molar-refractivity contribution is 7.86. The number of amides is 1. The van der Waals surface area contributed by atoms with Crippen LogP contribution in [0.25, 0.3) is 0 Å². The maximum atomic E-state index is 12.0. The molecule has 0 aliphatic carbocycles. The van der Waals surface area contributed by atoms with Crippen LogP contribution in [-0.2, 0) is 15.0 Å². The number of piperazine rings is 1. The van der Waals surface area contributed by atoms with Crippen LogP contribution in [0, 0.1) is 0 Å². The summed E-state index contributed by atoms with van der Waals surface area (Å²) in [4.78, 5) is 13.6. The van der Waals surface area contributed by atoms with Gasteiger partial charge in [-0.25, -0.2) is 5.14 Å². The molecular weight excluding hydrogens is 294 g/mol. The van der Waals surface area contributed by atoms with Crippen LogP contribution in [0.5, 0.6) is 5.75 Å². The summed E-state index contributed by atoms with van der Waals surface area (Å²) in [7, 11) is -3.66. The lowest BCUT2D eigenvalue weighted by atomic mass is 10.3. The lowest BCUT2D eigenvalue weighted by Gasteiger charge is -2.32. The number of rotatable bonds is 5. The average Bonchev–Trinajstić information content (AvgIpc) is 2.47. The predicted octanol–water partition coefficient (Wildman–Crippen LogP) is -0.197. The molecule has 2 rings (SSSR count). The summed E-state index contributed by atoms with van der Waals surface area (Å²) in [5, 5.41) is 5.05. The first-order chi connectivity index (χ1) is 9.97. The van der Waals surface area contributed by atoms with Crippen LogP contribution in [0.3, 0.4) is 0 Å². The van der Waals surface area contributed by atoms with E-state index in [9.17, 15) is 13.2 Å². The molecule has 2 N–H and O–H groups in total. The van der Waals surface area contributed by atoms with Crippen molar-refractivity contribution in [1.29, 1.82) is 0 Å². The third kappa shape index (κ3) is 4.69. The standard InChI is InChI=1S/C13H19N3O4S/c14-21(18,19)16-9-7-15(8-10-16)13(17)6-11-20-12-4-2-1-3-5-12/h1-5H,6-11H2,(H2,14,18,19). The Morgan fingerprint density at radius 3 is 2.33 bits per heavy atom. The third-order valence-corrected chi connectivity index (χ3v) is 4.36. The lowest BCUT2D eigenvalue weighted by Crippen LogP contribution is -2.52. The van der Waals surface area contributed by atoms with Gasteiger partial charge in [0.15, 0.2) is 0 Å². The van der Waals surface area contributed by atoms with Gasteiger partial charge in [-0.05, 0) is 12.1 Å². The Kier molecular flexibility index (Phi) is 5.16. The van der Waals surface area contributed by atoms with E-state index in [2.05, 4.69) is 0 Å². The fourth-order valence-electron chi connectivity index (χ4n) is 2.12. The Morgan fingerprint density at radius 2 is 1.76 bits per heavy atom. The van der Waals surface area contributed by atoms with Crippen LogP contribution in [0.15, 0.2) is 30.3 Å². The van der Waals surface area contributed by atoms with E-state index in [-0.39, 0.29) is 25.4 Å². The normalized spacial score (nSPS) is 16.7. The van der Waals surface area contributed by atoms with Gasteiger partial charge in [0, 0.05) is 26.2 Å². The average molecular weight is 313 g/mol. The van der Waals surface area contributed by atoms with E-state index in [1.165, 1.54) is 4.31 Å². The van der Waals surface area contributed by atoms with Gasteiger partial charge in [-0.2, -0.15) is 12.7 Å². The Hall–Kier alpha value is -1.64. The fraction of sp³-hybridized carbons (Fsp3) is 0.462. The van der Waals surface area contributed by atoms with E-state index in [1.807, 2.05) is 30.3 Å². The molecule has 0 aromatic heterocycles. The van der Waals surface area contributed by atoms with Gasteiger partial charge in [-0.15, -0.1) is 0 Å². The molecule has 0 saturated carbocycles. The predicted molar refractivity (Wildman–Crippen MR) is 77.8 cm³/mol. The van der Waals surface area contributed by atoms with Crippen molar-refractivity contribution in [2.45, 2.75) is 6.42 Å². The minimum absolute atomic E-state index is 0.0417. The topological polar surface area (TPSA) is 92.9 Å². The summed E-state index contributed by atoms with van der Waals surface area (Å²) in [6.07, 6.45) is 0.268. The Labute approximate surface area is 124 Å². The Morgan fingerprint density at radius 1 is 1.14 bits per heavy atom. The number of carbonyl (C=O) groups is 1. The summed E-state index contributed by atoms with van der Waals surface area (Å²) in [6, 6.07) is 9.28. The number of nitrogens with two attached hydrogens (primary N) is 1. The first kappa shape index (κ1) is 15.7. The van der Waals surface area contributed by atoms with Crippen molar-refractivity contribution < 1.29 is 17.9 Å². The minimum atomic E-state index is -3.66. The summed E-state index contributed by atoms with van der Waals surface area (Å²) >= 11 is 0. The van der Waals surface area contributed by atoms with E-state index in [1.54, 1.807) is 4.90 Å². The molecule has 116 valence electrons. The van der Waals surface area contributed by atoms with E-state index in [0.29, 0.717) is 19.7 Å². The van der Waals surface area contributed by atoms with Crippen molar-refractivity contribution in [2.75, 3.05) is 32.8 Å². The number of hydrogen-bond donors (Lipinski definition) is 1. The molecule has 0 unspecified atom stereocenters. The lowest BCUT2D eigenvalue weighted by molar-refractivity contribution is -0.132. The van der Waals surface area contributed by atoms with Crippen molar-refractivity contribution in [1.82, 2.24) is 9.21 Å². The maximum Gasteiger partial charge on any atom is 0.277 e. The summed E-state index contributed by atoms with van der Waals surface area (Å²) < 4.78 is 29.0. The molecule has 1 amide bonds. The molecule has 0 spiro atoms. The highest BCUT2D eigenvalue weighted by atomic mass is 32.2. The highest BCUT2D eigenvalue weighted by Crippen LogP contribution is 2.10. The third-order valence-electron chi connectivity index (χ3n) is 3.28. The molecule has 1 fully saturated rings. The van der Waals surface area contributed by atoms with Gasteiger partial charge in [-0.3, -0.25) is 4.79 Å². The van der Waals surface area contributed by atoms with Crippen LogP contribution in [0.4, 0.5) is 0 Å². The van der Waals surface area contributed by atoms with Gasteiger partial charge < -0.3 is 9.64 Å². The van der Waals surface area contributed by atoms with Gasteiger partial charge in [0.05, 0.1) is 13.0 Å². The van der Waals surface area contributed by atoms with E-state index in [4.69, 9.17) is 9.88 Å². The van der Waals surface area contributed by atoms with Gasteiger partial charge >= 0.3 is 0 Å². The Balaban J connectivity index is 1.73. The second-order valence-corrected chi connectivity index (χ2v) is 6.28. The van der Waals surface area contributed by atoms with Gasteiger partial charge in [0.25, 0.3) is 10.2 Å². The molecular formula is C13H19N3O4S. The first-order valence-corrected chi connectivity index (χ1v) is 8.20. The Bertz CT molecular complexity index is 568. The largest absolute Gasteiger partial charge is 0.493 e. The van der Waals surface area contributed by atoms with Crippen LogP contribution in [-0.4, -0.2) is 56.3 Å². The van der Waals surface area contributed by atoms with Crippen LogP contribution < -0.4 is 9.88 Å². The number of benzene rings is 1. The molecule has 1 aliphatic heterocycles. The van der Waals surface area contributed by atoms with E-state index in [0.717, 1.165) is 5.75 Å². The van der Waals surface area contributed by atoms with Gasteiger partial charge in [0.1, 0.15) is 5.75 Å². The summed E-state index contributed by atoms with van der Waals surface area (Å²) in [5.41, 5.74) is 0. The quantitative estimate of drug-likeness (QED) is 0.815. The first-order valence-electron chi connectivity index (χ1n) is 6.70. The number of nitrogens with zero attached hydrogens (tertiary/aromatic N) is 2. The molecule has 1 aromatic carbocycles. The maximum absolute atomic E-state index is 12.0. The van der Waals surface area contributed by atoms with Crippen molar-refractivity contribution in [3.05, 3.63) is 30.3 Å². The molecule has 1 heterocycles. The molecule has 0 atom stereocenters. The number of para-hydroxylation sites is 1. The second-order valence-electron chi connectivity index (χ2n) is 4.74. The van der Waals surface area contributed by atoms with Gasteiger partial charge in [-0.1, -0.05) is 18.2 Å². The molecule has 1 aliphatic rings. The van der Waals surface area contributed by atoms with Crippen molar-refractivity contribution in [3.8, 4) is 5.75 Å². The zero-order chi connectivity index (χ0) is 15.3. The number of ether oxygens (including phenoxy) is 1. The zero-order valence-corrected chi connectivity index (χ0v) is 12.5. The van der Waals surface area contributed by atoms with Crippen molar-refractivity contribution >= 4 is 16.1 Å². The van der Waals surface area contributed by atoms with Crippen molar-refractivity contribution in [2.24, 2.45) is 5.14 Å². The molecule has 0 radical (unpaired) electrons. The fourth-order valence-corrected chi connectivity index (χ4v) is 2.80. The molecule has 0 bridgehead atoms. The van der Waals surface area contributed by atoms with Crippen LogP contribution in [0.1, 0.15) is 6.42 Å². The monoisotopic (exact) mass is 313 g/mol. The number of carbonyl (C=O) groups excluding carboxylic acids is 1. The molecule has 21 heavy (non-hydrogen) atoms. The second kappa shape index (κ2) is 6.88. The van der Waals surface area contributed by atoms with E-state index >= 15 is 0 Å². The minimum Gasteiger partial charge on any atom is -0.493 e. The smallest absolute Gasteiger partial charge is 0.277 e. The molecule has 8 heteroatoms. The highest BCUT2D eigenvalue weighted by Gasteiger charge is 2.26. The summed E-state index contributed by atoms with van der Waals surface area (Å²) in [5.74, 6) is 0.685. The SMILES string of the molecule is NS(=O)(=O)N1CCN(C(=O)CCOc2ccccc2)CC1. The van der Waals surface area contributed by atoms with Crippen LogP contribution in [0.2, 0.25) is 0 Å². The summed E-state index contributed by atoms with van der Waals surface area (Å²) in [6.45, 7) is 1.51. The molecule has 1 aromatic rings. The number of hydrogen-bond acceptors (Lipinski definition) is 4. The molecule has 1 saturated heterocycles.